The summed E-state index contributed by atoms with van der Waals surface area (Å²) in [4.78, 5) is 10.5. The van der Waals surface area contributed by atoms with Crippen molar-refractivity contribution < 1.29 is 15.0 Å². The number of hydrogen-bond donors (Lipinski definition) is 2. The molecule has 0 saturated heterocycles. The minimum atomic E-state index is -1.44. The highest BCUT2D eigenvalue weighted by Crippen LogP contribution is 2.59. The molecule has 4 heteroatoms. The smallest absolute Gasteiger partial charge is 0.329 e. The van der Waals surface area contributed by atoms with Gasteiger partial charge in [0.2, 0.25) is 0 Å². The van der Waals surface area contributed by atoms with Crippen LogP contribution in [0.5, 0.6) is 0 Å². The molecule has 2 N–H and O–H groups in total. The van der Waals surface area contributed by atoms with Crippen LogP contribution in [0.15, 0.2) is 11.6 Å². The maximum Gasteiger partial charge on any atom is 0.329 e. The van der Waals surface area contributed by atoms with Crippen LogP contribution in [-0.2, 0) is 4.79 Å². The number of nitriles is 1. The number of rotatable bonds is 2. The van der Waals surface area contributed by atoms with Gasteiger partial charge in [-0.2, -0.15) is 5.26 Å². The molecule has 0 aliphatic heterocycles. The molecule has 0 aromatic heterocycles. The zero-order valence-corrected chi connectivity index (χ0v) is 11.7. The van der Waals surface area contributed by atoms with Gasteiger partial charge in [0.15, 0.2) is 0 Å². The van der Waals surface area contributed by atoms with E-state index in [2.05, 4.69) is 17.9 Å². The summed E-state index contributed by atoms with van der Waals surface area (Å²) in [5.41, 5.74) is -2.51. The molecule has 0 aromatic rings. The van der Waals surface area contributed by atoms with Gasteiger partial charge in [0.1, 0.15) is 5.60 Å². The zero-order valence-electron chi connectivity index (χ0n) is 11.7. The fourth-order valence-electron chi connectivity index (χ4n) is 2.11. The Bertz CT molecular complexity index is 518. The summed E-state index contributed by atoms with van der Waals surface area (Å²) in [6.45, 7) is 7.05. The lowest BCUT2D eigenvalue weighted by atomic mass is 9.67. The second kappa shape index (κ2) is 4.72. The molecule has 0 heterocycles. The van der Waals surface area contributed by atoms with Crippen LogP contribution in [0.1, 0.15) is 40.5 Å². The summed E-state index contributed by atoms with van der Waals surface area (Å²) >= 11 is 0. The van der Waals surface area contributed by atoms with Crippen LogP contribution in [0.2, 0.25) is 0 Å². The highest BCUT2D eigenvalue weighted by Gasteiger charge is 2.64. The van der Waals surface area contributed by atoms with E-state index in [-0.39, 0.29) is 0 Å². The van der Waals surface area contributed by atoms with Crippen LogP contribution in [0.3, 0.4) is 0 Å². The summed E-state index contributed by atoms with van der Waals surface area (Å²) in [6.07, 6.45) is 2.23. The number of hydrogen-bond acceptors (Lipinski definition) is 3. The molecular formula is C15H19NO3. The van der Waals surface area contributed by atoms with Crippen LogP contribution < -0.4 is 0 Å². The zero-order chi connectivity index (χ0) is 14.9. The van der Waals surface area contributed by atoms with Crippen molar-refractivity contribution in [1.82, 2.24) is 0 Å². The molecular weight excluding hydrogens is 242 g/mol. The van der Waals surface area contributed by atoms with Gasteiger partial charge in [-0.3, -0.25) is 0 Å². The van der Waals surface area contributed by atoms with Gasteiger partial charge < -0.3 is 10.2 Å². The summed E-state index contributed by atoms with van der Waals surface area (Å²) in [5.74, 6) is 4.34. The van der Waals surface area contributed by atoms with Crippen molar-refractivity contribution in [2.24, 2.45) is 10.8 Å². The lowest BCUT2D eigenvalue weighted by molar-refractivity contribution is -0.131. The molecule has 1 aliphatic carbocycles. The van der Waals surface area contributed by atoms with Crippen molar-refractivity contribution >= 4 is 5.97 Å². The average Bonchev–Trinajstić information content (AvgIpc) is 3.04. The van der Waals surface area contributed by atoms with Crippen LogP contribution in [-0.4, -0.2) is 21.8 Å². The Morgan fingerprint density at radius 2 is 1.89 bits per heavy atom. The van der Waals surface area contributed by atoms with Gasteiger partial charge in [-0.1, -0.05) is 32.6 Å². The fraction of sp³-hybridized carbons (Fsp3) is 0.600. The first-order chi connectivity index (χ1) is 8.58. The standard InChI is InChI=1S/C15H19NO3/c1-11(9-12(17)18)5-6-15(19,13(2,3)4)14(10-16)7-8-14/h9,19H,7-8H2,1-4H3,(H,17,18)/b11-9-/t15-/m1/s1. The van der Waals surface area contributed by atoms with Gasteiger partial charge in [0, 0.05) is 17.1 Å². The quantitative estimate of drug-likeness (QED) is 0.589. The molecule has 1 aliphatic rings. The van der Waals surface area contributed by atoms with Crippen LogP contribution in [0.25, 0.3) is 0 Å². The molecule has 0 unspecified atom stereocenters. The molecule has 0 radical (unpaired) electrons. The van der Waals surface area contributed by atoms with E-state index in [1.54, 1.807) is 6.92 Å². The predicted molar refractivity (Wildman–Crippen MR) is 70.9 cm³/mol. The Morgan fingerprint density at radius 1 is 1.37 bits per heavy atom. The largest absolute Gasteiger partial charge is 0.478 e. The molecule has 0 spiro atoms. The Kier molecular flexibility index (Phi) is 3.79. The van der Waals surface area contributed by atoms with Gasteiger partial charge in [0.25, 0.3) is 0 Å². The third kappa shape index (κ3) is 2.80. The van der Waals surface area contributed by atoms with Crippen LogP contribution in [0, 0.1) is 34.0 Å². The van der Waals surface area contributed by atoms with E-state index in [1.165, 1.54) is 0 Å². The SMILES string of the molecule is C/C(C#C[C@@](O)(C(C)(C)C)C1(C#N)CC1)=C/C(=O)O. The maximum atomic E-state index is 10.9. The highest BCUT2D eigenvalue weighted by atomic mass is 16.4. The van der Waals surface area contributed by atoms with Crippen molar-refractivity contribution in [2.45, 2.75) is 46.1 Å². The lowest BCUT2D eigenvalue weighted by Gasteiger charge is -2.39. The summed E-state index contributed by atoms with van der Waals surface area (Å²) in [7, 11) is 0. The first kappa shape index (κ1) is 15.3. The minimum absolute atomic E-state index is 0.351. The molecule has 1 fully saturated rings. The van der Waals surface area contributed by atoms with E-state index in [4.69, 9.17) is 5.11 Å². The molecule has 4 nitrogen and oxygen atoms in total. The van der Waals surface area contributed by atoms with E-state index in [1.807, 2.05) is 20.8 Å². The number of allylic oxidation sites excluding steroid dienone is 1. The van der Waals surface area contributed by atoms with Crippen molar-refractivity contribution in [3.8, 4) is 17.9 Å². The van der Waals surface area contributed by atoms with E-state index >= 15 is 0 Å². The van der Waals surface area contributed by atoms with Gasteiger partial charge >= 0.3 is 5.97 Å². The van der Waals surface area contributed by atoms with E-state index < -0.39 is 22.4 Å². The van der Waals surface area contributed by atoms with Crippen LogP contribution >= 0.6 is 0 Å². The second-order valence-corrected chi connectivity index (χ2v) is 6.07. The van der Waals surface area contributed by atoms with Crippen molar-refractivity contribution in [3.63, 3.8) is 0 Å². The fourth-order valence-corrected chi connectivity index (χ4v) is 2.11. The number of nitrogens with zero attached hydrogens (tertiary/aromatic N) is 1. The lowest BCUT2D eigenvalue weighted by Crippen LogP contribution is -2.49. The first-order valence-electron chi connectivity index (χ1n) is 6.16. The number of aliphatic hydroxyl groups is 1. The van der Waals surface area contributed by atoms with Crippen molar-refractivity contribution in [1.29, 1.82) is 5.26 Å². The normalized spacial score (nSPS) is 20.5. The molecule has 19 heavy (non-hydrogen) atoms. The van der Waals surface area contributed by atoms with Crippen molar-refractivity contribution in [2.75, 3.05) is 0 Å². The van der Waals surface area contributed by atoms with Gasteiger partial charge in [0.05, 0.1) is 11.5 Å². The Labute approximate surface area is 113 Å². The highest BCUT2D eigenvalue weighted by molar-refractivity contribution is 5.81. The maximum absolute atomic E-state index is 10.9. The third-order valence-electron chi connectivity index (χ3n) is 3.52. The number of carboxylic acid groups (broad SMARTS) is 1. The minimum Gasteiger partial charge on any atom is -0.478 e. The summed E-state index contributed by atoms with van der Waals surface area (Å²) in [6, 6.07) is 2.18. The summed E-state index contributed by atoms with van der Waals surface area (Å²) in [5, 5.41) is 28.8. The van der Waals surface area contributed by atoms with Gasteiger partial charge in [-0.15, -0.1) is 0 Å². The molecule has 0 bridgehead atoms. The third-order valence-corrected chi connectivity index (χ3v) is 3.52. The monoisotopic (exact) mass is 261 g/mol. The summed E-state index contributed by atoms with van der Waals surface area (Å²) < 4.78 is 0. The number of carbonyl (C=O) groups is 1. The van der Waals surface area contributed by atoms with E-state index in [9.17, 15) is 15.2 Å². The number of carboxylic acids is 1. The second-order valence-electron chi connectivity index (χ2n) is 6.07. The molecule has 1 rings (SSSR count). The molecule has 0 aromatic carbocycles. The molecule has 0 amide bonds. The first-order valence-corrected chi connectivity index (χ1v) is 6.16. The van der Waals surface area contributed by atoms with Crippen LogP contribution in [0.4, 0.5) is 0 Å². The van der Waals surface area contributed by atoms with E-state index in [0.717, 1.165) is 6.08 Å². The van der Waals surface area contributed by atoms with E-state index in [0.29, 0.717) is 18.4 Å². The molecule has 1 saturated carbocycles. The van der Waals surface area contributed by atoms with Crippen molar-refractivity contribution in [3.05, 3.63) is 11.6 Å². The Hall–Kier alpha value is -1.78. The average molecular weight is 261 g/mol. The molecule has 102 valence electrons. The Balaban J connectivity index is 3.21. The topological polar surface area (TPSA) is 81.3 Å². The molecule has 1 atom stereocenters. The Morgan fingerprint density at radius 3 is 2.21 bits per heavy atom. The van der Waals surface area contributed by atoms with Gasteiger partial charge in [-0.05, 0) is 19.8 Å². The predicted octanol–water partition coefficient (Wildman–Crippen LogP) is 2.10. The number of aliphatic carboxylic acids is 1. The van der Waals surface area contributed by atoms with Gasteiger partial charge in [-0.25, -0.2) is 4.79 Å².